The lowest BCUT2D eigenvalue weighted by molar-refractivity contribution is -0.205. The van der Waals surface area contributed by atoms with E-state index >= 15 is 4.39 Å². The molecule has 1 unspecified atom stereocenters. The fourth-order valence-electron chi connectivity index (χ4n) is 3.16. The molecule has 0 saturated carbocycles. The van der Waals surface area contributed by atoms with Crippen LogP contribution in [0.5, 0.6) is 11.5 Å². The highest BCUT2D eigenvalue weighted by Gasteiger charge is 2.57. The minimum absolute atomic E-state index is 0.0415. The Hall–Kier alpha value is -2.54. The molecule has 2 aromatic rings. The summed E-state index contributed by atoms with van der Waals surface area (Å²) in [5.74, 6) is -3.03. The van der Waals surface area contributed by atoms with Crippen LogP contribution in [0.2, 0.25) is 0 Å². The van der Waals surface area contributed by atoms with Gasteiger partial charge in [0.05, 0.1) is 15.1 Å². The van der Waals surface area contributed by atoms with Crippen LogP contribution in [-0.2, 0) is 25.0 Å². The van der Waals surface area contributed by atoms with Crippen molar-refractivity contribution in [3.05, 3.63) is 56.4 Å². The number of aliphatic hydroxyl groups is 2. The topological polar surface area (TPSA) is 159 Å². The van der Waals surface area contributed by atoms with Gasteiger partial charge in [-0.25, -0.2) is 13.8 Å². The first-order valence-electron chi connectivity index (χ1n) is 9.75. The summed E-state index contributed by atoms with van der Waals surface area (Å²) in [5, 5.41) is 20.6. The summed E-state index contributed by atoms with van der Waals surface area (Å²) in [5.41, 5.74) is -1.50. The molecule has 0 aliphatic carbocycles. The molecule has 0 radical (unpaired) electrons. The van der Waals surface area contributed by atoms with Crippen molar-refractivity contribution in [3.8, 4) is 11.5 Å². The van der Waals surface area contributed by atoms with Gasteiger partial charge in [-0.3, -0.25) is 23.4 Å². The average molecular weight is 475 g/mol. The van der Waals surface area contributed by atoms with Crippen molar-refractivity contribution in [3.63, 3.8) is 0 Å². The third-order valence-electron chi connectivity index (χ3n) is 4.91. The summed E-state index contributed by atoms with van der Waals surface area (Å²) in [6, 6.07) is 4.80. The summed E-state index contributed by atoms with van der Waals surface area (Å²) in [6.45, 7) is -0.217. The van der Waals surface area contributed by atoms with Crippen LogP contribution in [0.15, 0.2) is 34.0 Å². The number of rotatable bonds is 5. The minimum atomic E-state index is -4.43. The quantitative estimate of drug-likeness (QED) is 0.520. The third-order valence-corrected chi connectivity index (χ3v) is 6.20. The van der Waals surface area contributed by atoms with E-state index in [2.05, 4.69) is 0 Å². The smallest absolute Gasteiger partial charge is 0.493 e. The molecule has 0 spiro atoms. The number of hydrogen-bond acceptors (Lipinski definition) is 10. The van der Waals surface area contributed by atoms with Gasteiger partial charge in [-0.2, -0.15) is 0 Å². The summed E-state index contributed by atoms with van der Waals surface area (Å²) < 4.78 is 62.5. The van der Waals surface area contributed by atoms with Crippen molar-refractivity contribution in [1.29, 1.82) is 0 Å². The standard InChI is InChI=1S/C18H20FN2O10P/c1-9-6-21(17(25)20-15(9)24)16-12(22)14(23)18(19,30-16)8-29-32(26)28-7-10-4-3-5-11(27-2)13(10)31-32/h3-6,12,14,16,22-23H,7-8H2,1-2H3,(H,20,24,25)/t12-,14+,16-,18-,32?/m1/s1/i16D. The molecule has 2 aliphatic heterocycles. The van der Waals surface area contributed by atoms with E-state index in [1.807, 2.05) is 4.98 Å². The number of hydrogen-bond donors (Lipinski definition) is 3. The van der Waals surface area contributed by atoms with Gasteiger partial charge in [0, 0.05) is 17.3 Å². The van der Waals surface area contributed by atoms with Gasteiger partial charge in [0.25, 0.3) is 11.4 Å². The van der Waals surface area contributed by atoms with E-state index in [-0.39, 0.29) is 23.7 Å². The van der Waals surface area contributed by atoms with Gasteiger partial charge in [-0.1, -0.05) is 12.1 Å². The maximum absolute atomic E-state index is 15.5. The Kier molecular flexibility index (Phi) is 5.40. The van der Waals surface area contributed by atoms with Crippen LogP contribution in [0.4, 0.5) is 4.39 Å². The second kappa shape index (κ2) is 8.10. The van der Waals surface area contributed by atoms with Gasteiger partial charge in [0.15, 0.2) is 17.7 Å². The molecule has 3 heterocycles. The monoisotopic (exact) mass is 475 g/mol. The third kappa shape index (κ3) is 3.87. The Morgan fingerprint density at radius 2 is 2.19 bits per heavy atom. The van der Waals surface area contributed by atoms with Crippen molar-refractivity contribution >= 4 is 7.82 Å². The molecule has 4 rings (SSSR count). The van der Waals surface area contributed by atoms with Crippen molar-refractivity contribution in [2.45, 2.75) is 37.8 Å². The number of nitrogens with one attached hydrogen (secondary N) is 1. The Bertz CT molecular complexity index is 1240. The number of ether oxygens (including phenoxy) is 2. The van der Waals surface area contributed by atoms with E-state index in [0.717, 1.165) is 6.20 Å². The average Bonchev–Trinajstić information content (AvgIpc) is 2.95. The number of H-pyrrole nitrogens is 1. The minimum Gasteiger partial charge on any atom is -0.493 e. The highest BCUT2D eigenvalue weighted by atomic mass is 31.2. The zero-order valence-corrected chi connectivity index (χ0v) is 17.7. The van der Waals surface area contributed by atoms with E-state index in [4.69, 9.17) is 24.4 Å². The van der Waals surface area contributed by atoms with E-state index in [1.165, 1.54) is 20.1 Å². The number of fused-ring (bicyclic) bond motifs is 1. The molecule has 1 fully saturated rings. The number of phosphoric ester groups is 1. The van der Waals surface area contributed by atoms with Crippen molar-refractivity contribution in [1.82, 2.24) is 9.55 Å². The Morgan fingerprint density at radius 1 is 1.44 bits per heavy atom. The normalized spacial score (nSPS) is 34.5. The number of aromatic amines is 1. The van der Waals surface area contributed by atoms with Gasteiger partial charge in [-0.15, -0.1) is 0 Å². The Labute approximate surface area is 181 Å². The fourth-order valence-corrected chi connectivity index (χ4v) is 4.40. The van der Waals surface area contributed by atoms with Crippen LogP contribution in [0, 0.1) is 6.92 Å². The fraction of sp³-hybridized carbons (Fsp3) is 0.444. The molecule has 5 atom stereocenters. The van der Waals surface area contributed by atoms with Gasteiger partial charge in [0.2, 0.25) is 0 Å². The van der Waals surface area contributed by atoms with Gasteiger partial charge >= 0.3 is 13.5 Å². The molecule has 0 amide bonds. The number of methoxy groups -OCH3 is 1. The van der Waals surface area contributed by atoms with E-state index in [1.54, 1.807) is 12.1 Å². The number of alkyl halides is 1. The van der Waals surface area contributed by atoms with Gasteiger partial charge in [0.1, 0.15) is 18.8 Å². The molecule has 2 aliphatic rings. The molecule has 0 bridgehead atoms. The van der Waals surface area contributed by atoms with E-state index < -0.39 is 49.9 Å². The van der Waals surface area contributed by atoms with Crippen LogP contribution in [0.1, 0.15) is 18.7 Å². The number of aromatic nitrogens is 2. The summed E-state index contributed by atoms with van der Waals surface area (Å²) in [4.78, 5) is 25.6. The molecule has 3 N–H and O–H groups in total. The molecule has 32 heavy (non-hydrogen) atoms. The van der Waals surface area contributed by atoms with Crippen LogP contribution in [0.3, 0.4) is 0 Å². The van der Waals surface area contributed by atoms with Crippen molar-refractivity contribution in [2.24, 2.45) is 0 Å². The second-order valence-corrected chi connectivity index (χ2v) is 8.68. The highest BCUT2D eigenvalue weighted by molar-refractivity contribution is 7.49. The van der Waals surface area contributed by atoms with Crippen molar-refractivity contribution in [2.75, 3.05) is 13.7 Å². The number of para-hydroxylation sites is 1. The molecule has 1 aromatic heterocycles. The SMILES string of the molecule is [2H][C@@]1(n2cc(C)c(=O)[nH]c2=O)O[C@](F)(COP2(=O)OCc3cccc(OC)c3O2)[C@@H](O)[C@H]1O. The second-order valence-electron chi connectivity index (χ2n) is 7.09. The predicted molar refractivity (Wildman–Crippen MR) is 104 cm³/mol. The number of benzene rings is 1. The van der Waals surface area contributed by atoms with E-state index in [0.29, 0.717) is 10.1 Å². The predicted octanol–water partition coefficient (Wildman–Crippen LogP) is 0.504. The lowest BCUT2D eigenvalue weighted by Gasteiger charge is -2.28. The zero-order chi connectivity index (χ0) is 24.2. The number of aryl methyl sites for hydroxylation is 1. The molecule has 1 saturated heterocycles. The summed E-state index contributed by atoms with van der Waals surface area (Å²) in [6.07, 6.45) is -6.73. The van der Waals surface area contributed by atoms with Crippen LogP contribution in [-0.4, -0.2) is 51.5 Å². The lowest BCUT2D eigenvalue weighted by Crippen LogP contribution is -2.43. The van der Waals surface area contributed by atoms with Crippen LogP contribution < -0.4 is 20.5 Å². The van der Waals surface area contributed by atoms with Crippen molar-refractivity contribution < 1.29 is 43.6 Å². The lowest BCUT2D eigenvalue weighted by atomic mass is 10.1. The van der Waals surface area contributed by atoms with E-state index in [9.17, 15) is 24.4 Å². The highest BCUT2D eigenvalue weighted by Crippen LogP contribution is 2.57. The number of halogens is 1. The summed E-state index contributed by atoms with van der Waals surface area (Å²) in [7, 11) is -3.08. The molecule has 174 valence electrons. The first kappa shape index (κ1) is 21.3. The number of aliphatic hydroxyl groups excluding tert-OH is 2. The maximum Gasteiger partial charge on any atom is 0.530 e. The molecule has 12 nitrogen and oxygen atoms in total. The van der Waals surface area contributed by atoms with Crippen LogP contribution >= 0.6 is 7.82 Å². The number of nitrogens with zero attached hydrogens (tertiary/aromatic N) is 1. The maximum atomic E-state index is 15.5. The Balaban J connectivity index is 1.58. The van der Waals surface area contributed by atoms with Gasteiger partial charge in [-0.05, 0) is 13.0 Å². The first-order chi connectivity index (χ1) is 15.4. The van der Waals surface area contributed by atoms with Crippen LogP contribution in [0.25, 0.3) is 0 Å². The largest absolute Gasteiger partial charge is 0.530 e. The Morgan fingerprint density at radius 3 is 2.91 bits per heavy atom. The molecule has 1 aromatic carbocycles. The summed E-state index contributed by atoms with van der Waals surface area (Å²) >= 11 is 0. The first-order valence-corrected chi connectivity index (χ1v) is 10.7. The molecular weight excluding hydrogens is 454 g/mol. The molecular formula is C18H20FN2O10P. The number of phosphoric acid groups is 1. The zero-order valence-electron chi connectivity index (χ0n) is 17.8. The molecule has 14 heteroatoms. The van der Waals surface area contributed by atoms with Gasteiger partial charge < -0.3 is 24.2 Å².